The Kier molecular flexibility index (Phi) is 16.7. The zero-order valence-electron chi connectivity index (χ0n) is 12.0. The largest absolute Gasteiger partial charge is 0.381 e. The van der Waals surface area contributed by atoms with Crippen LogP contribution in [0.4, 0.5) is 0 Å². The number of rotatable bonds is 15. The molecule has 0 rings (SSSR count). The third-order valence-corrected chi connectivity index (χ3v) is 2.17. The van der Waals surface area contributed by atoms with Crippen molar-refractivity contribution in [3.05, 3.63) is 6.61 Å². The van der Waals surface area contributed by atoms with E-state index in [2.05, 4.69) is 6.92 Å². The molecule has 0 aromatic heterocycles. The maximum absolute atomic E-state index is 5.47. The molecule has 0 fully saturated rings. The quantitative estimate of drug-likeness (QED) is 0.425. The summed E-state index contributed by atoms with van der Waals surface area (Å²) in [7, 11) is 0. The highest BCUT2D eigenvalue weighted by molar-refractivity contribution is 4.48. The Morgan fingerprint density at radius 2 is 1.28 bits per heavy atom. The highest BCUT2D eigenvalue weighted by Gasteiger charge is 1.93. The molecule has 0 saturated heterocycles. The molecule has 0 amide bonds. The van der Waals surface area contributed by atoms with Crippen LogP contribution in [0.1, 0.15) is 39.5 Å². The van der Waals surface area contributed by atoms with E-state index in [1.54, 1.807) is 6.61 Å². The van der Waals surface area contributed by atoms with Gasteiger partial charge in [0.2, 0.25) is 0 Å². The van der Waals surface area contributed by atoms with Gasteiger partial charge in [-0.05, 0) is 32.6 Å². The monoisotopic (exact) mass is 261 g/mol. The van der Waals surface area contributed by atoms with Gasteiger partial charge in [0.05, 0.1) is 6.61 Å². The zero-order valence-corrected chi connectivity index (χ0v) is 12.0. The third kappa shape index (κ3) is 15.8. The van der Waals surface area contributed by atoms with Gasteiger partial charge >= 0.3 is 0 Å². The predicted molar refractivity (Wildman–Crippen MR) is 72.5 cm³/mol. The van der Waals surface area contributed by atoms with Crippen molar-refractivity contribution in [3.63, 3.8) is 0 Å². The summed E-state index contributed by atoms with van der Waals surface area (Å²) in [6.07, 6.45) is 3.86. The lowest BCUT2D eigenvalue weighted by atomic mass is 10.4. The molecule has 0 aromatic rings. The Bertz CT molecular complexity index is 126. The molecule has 0 atom stereocenters. The van der Waals surface area contributed by atoms with Crippen molar-refractivity contribution in [3.8, 4) is 0 Å². The molecule has 109 valence electrons. The van der Waals surface area contributed by atoms with Gasteiger partial charge in [-0.1, -0.05) is 6.92 Å². The molecule has 0 spiro atoms. The minimum absolute atomic E-state index is 0.727. The lowest BCUT2D eigenvalue weighted by molar-refractivity contribution is 0.0611. The van der Waals surface area contributed by atoms with Gasteiger partial charge in [0.25, 0.3) is 0 Å². The molecular formula is C14H29O4. The van der Waals surface area contributed by atoms with Crippen LogP contribution in [0.2, 0.25) is 0 Å². The second-order valence-corrected chi connectivity index (χ2v) is 3.95. The standard InChI is InChI=1S/C14H29O4/c1-3-8-16-10-6-12-18-14-7-13-17-11-5-9-15-4-2/h9H,3-8,10-14H2,1-2H3. The number of hydrogen-bond donors (Lipinski definition) is 0. The Labute approximate surface area is 112 Å². The Hall–Kier alpha value is -0.160. The van der Waals surface area contributed by atoms with E-state index in [-0.39, 0.29) is 0 Å². The topological polar surface area (TPSA) is 36.9 Å². The van der Waals surface area contributed by atoms with E-state index >= 15 is 0 Å². The van der Waals surface area contributed by atoms with Crippen LogP contribution in [0.5, 0.6) is 0 Å². The van der Waals surface area contributed by atoms with Gasteiger partial charge in [-0.15, -0.1) is 0 Å². The van der Waals surface area contributed by atoms with Crippen molar-refractivity contribution >= 4 is 0 Å². The van der Waals surface area contributed by atoms with E-state index < -0.39 is 0 Å². The summed E-state index contributed by atoms with van der Waals surface area (Å²) in [5.74, 6) is 0. The van der Waals surface area contributed by atoms with E-state index in [0.717, 1.165) is 71.9 Å². The molecule has 0 aliphatic rings. The second kappa shape index (κ2) is 16.8. The van der Waals surface area contributed by atoms with Crippen molar-refractivity contribution in [1.29, 1.82) is 0 Å². The molecule has 18 heavy (non-hydrogen) atoms. The molecule has 0 aromatic carbocycles. The van der Waals surface area contributed by atoms with Crippen molar-refractivity contribution in [1.82, 2.24) is 0 Å². The van der Waals surface area contributed by atoms with Crippen LogP contribution in [0.3, 0.4) is 0 Å². The third-order valence-electron chi connectivity index (χ3n) is 2.17. The van der Waals surface area contributed by atoms with E-state index in [1.165, 1.54) is 0 Å². The fraction of sp³-hybridized carbons (Fsp3) is 0.929. The van der Waals surface area contributed by atoms with Crippen molar-refractivity contribution in [2.24, 2.45) is 0 Å². The smallest absolute Gasteiger partial charge is 0.0859 e. The lowest BCUT2D eigenvalue weighted by Crippen LogP contribution is -2.05. The first kappa shape index (κ1) is 17.8. The molecule has 0 aliphatic carbocycles. The van der Waals surface area contributed by atoms with Crippen molar-refractivity contribution < 1.29 is 18.9 Å². The highest BCUT2D eigenvalue weighted by atomic mass is 16.5. The van der Waals surface area contributed by atoms with Gasteiger partial charge in [0.15, 0.2) is 0 Å². The first-order chi connectivity index (χ1) is 8.91. The summed E-state index contributed by atoms with van der Waals surface area (Å²) in [6.45, 7) is 11.3. The average molecular weight is 261 g/mol. The fourth-order valence-corrected chi connectivity index (χ4v) is 1.31. The van der Waals surface area contributed by atoms with Crippen LogP contribution < -0.4 is 0 Å². The molecule has 0 N–H and O–H groups in total. The Balaban J connectivity index is 2.86. The lowest BCUT2D eigenvalue weighted by Gasteiger charge is -2.06. The average Bonchev–Trinajstić information content (AvgIpc) is 2.39. The van der Waals surface area contributed by atoms with Gasteiger partial charge in [-0.3, -0.25) is 0 Å². The SMILES string of the molecule is CCCOCCCOCCCOCC[CH]OCC. The molecule has 0 bridgehead atoms. The predicted octanol–water partition coefficient (Wildman–Crippen LogP) is 2.81. The van der Waals surface area contributed by atoms with E-state index in [9.17, 15) is 0 Å². The Morgan fingerprint density at radius 3 is 1.83 bits per heavy atom. The van der Waals surface area contributed by atoms with Crippen LogP contribution in [-0.4, -0.2) is 46.2 Å². The molecule has 0 unspecified atom stereocenters. The molecule has 0 heterocycles. The number of ether oxygens (including phenoxy) is 4. The molecule has 4 nitrogen and oxygen atoms in total. The van der Waals surface area contributed by atoms with Crippen LogP contribution in [0, 0.1) is 6.61 Å². The van der Waals surface area contributed by atoms with Crippen LogP contribution in [0.25, 0.3) is 0 Å². The van der Waals surface area contributed by atoms with E-state index in [4.69, 9.17) is 18.9 Å². The molecule has 0 saturated carbocycles. The zero-order chi connectivity index (χ0) is 13.3. The highest BCUT2D eigenvalue weighted by Crippen LogP contribution is 1.93. The molecule has 4 heteroatoms. The summed E-state index contributed by atoms with van der Waals surface area (Å²) in [5, 5.41) is 0. The van der Waals surface area contributed by atoms with Gasteiger partial charge in [-0.25, -0.2) is 0 Å². The van der Waals surface area contributed by atoms with Gasteiger partial charge in [-0.2, -0.15) is 0 Å². The van der Waals surface area contributed by atoms with Gasteiger partial charge in [0.1, 0.15) is 0 Å². The van der Waals surface area contributed by atoms with Crippen LogP contribution in [0.15, 0.2) is 0 Å². The van der Waals surface area contributed by atoms with E-state index in [1.807, 2.05) is 6.92 Å². The minimum Gasteiger partial charge on any atom is -0.381 e. The van der Waals surface area contributed by atoms with Crippen molar-refractivity contribution in [2.75, 3.05) is 46.2 Å². The first-order valence-electron chi connectivity index (χ1n) is 7.08. The van der Waals surface area contributed by atoms with E-state index in [0.29, 0.717) is 0 Å². The molecule has 0 aliphatic heterocycles. The van der Waals surface area contributed by atoms with Crippen LogP contribution >= 0.6 is 0 Å². The maximum atomic E-state index is 5.47. The van der Waals surface area contributed by atoms with Gasteiger partial charge in [0, 0.05) is 46.2 Å². The maximum Gasteiger partial charge on any atom is 0.0859 e. The fourth-order valence-electron chi connectivity index (χ4n) is 1.31. The van der Waals surface area contributed by atoms with Crippen molar-refractivity contribution in [2.45, 2.75) is 39.5 Å². The Morgan fingerprint density at radius 1 is 0.722 bits per heavy atom. The normalized spacial score (nSPS) is 11.0. The van der Waals surface area contributed by atoms with Crippen LogP contribution in [-0.2, 0) is 18.9 Å². The summed E-state index contributed by atoms with van der Waals surface area (Å²) in [4.78, 5) is 0. The van der Waals surface area contributed by atoms with Gasteiger partial charge < -0.3 is 18.9 Å². The molecular weight excluding hydrogens is 232 g/mol. The summed E-state index contributed by atoms with van der Waals surface area (Å²) >= 11 is 0. The number of hydrogen-bond acceptors (Lipinski definition) is 4. The second-order valence-electron chi connectivity index (χ2n) is 3.95. The minimum atomic E-state index is 0.727. The summed E-state index contributed by atoms with van der Waals surface area (Å²) < 4.78 is 21.3. The molecule has 1 radical (unpaired) electrons. The first-order valence-corrected chi connectivity index (χ1v) is 7.08. The summed E-state index contributed by atoms with van der Waals surface area (Å²) in [6, 6.07) is 0. The summed E-state index contributed by atoms with van der Waals surface area (Å²) in [5.41, 5.74) is 0.